The first-order valence-corrected chi connectivity index (χ1v) is 8.13. The van der Waals surface area contributed by atoms with Gasteiger partial charge in [-0.05, 0) is 31.1 Å². The lowest BCUT2D eigenvalue weighted by molar-refractivity contribution is -0.143. The van der Waals surface area contributed by atoms with Crippen LogP contribution in [0.15, 0.2) is 4.99 Å². The summed E-state index contributed by atoms with van der Waals surface area (Å²) in [6.45, 7) is 4.22. The topological polar surface area (TPSA) is 50.7 Å². The van der Waals surface area contributed by atoms with E-state index in [-0.39, 0.29) is 12.0 Å². The van der Waals surface area contributed by atoms with Gasteiger partial charge in [0.2, 0.25) is 0 Å². The van der Waals surface area contributed by atoms with Gasteiger partial charge >= 0.3 is 5.97 Å². The van der Waals surface area contributed by atoms with E-state index in [2.05, 4.69) is 19.2 Å². The van der Waals surface area contributed by atoms with Crippen LogP contribution in [0, 0.1) is 11.8 Å². The maximum Gasteiger partial charge on any atom is 0.328 e. The van der Waals surface area contributed by atoms with Crippen molar-refractivity contribution in [2.24, 2.45) is 16.8 Å². The van der Waals surface area contributed by atoms with Crippen molar-refractivity contribution < 1.29 is 9.53 Å². The summed E-state index contributed by atoms with van der Waals surface area (Å²) in [5.41, 5.74) is 0. The number of thioether (sulfide) groups is 1. The van der Waals surface area contributed by atoms with Crippen LogP contribution in [-0.2, 0) is 9.53 Å². The van der Waals surface area contributed by atoms with E-state index in [0.717, 1.165) is 23.3 Å². The van der Waals surface area contributed by atoms with E-state index in [9.17, 15) is 4.79 Å². The second-order valence-corrected chi connectivity index (χ2v) is 6.86. The molecule has 1 saturated carbocycles. The molecule has 2 aliphatic rings. The molecule has 108 valence electrons. The molecule has 0 aromatic carbocycles. The minimum atomic E-state index is -0.269. The van der Waals surface area contributed by atoms with Gasteiger partial charge in [-0.2, -0.15) is 0 Å². The smallest absolute Gasteiger partial charge is 0.328 e. The maximum atomic E-state index is 11.8. The summed E-state index contributed by atoms with van der Waals surface area (Å²) in [5.74, 6) is 2.14. The summed E-state index contributed by atoms with van der Waals surface area (Å²) in [6, 6.07) is 0.204. The van der Waals surface area contributed by atoms with Crippen LogP contribution in [-0.4, -0.2) is 36.1 Å². The Labute approximate surface area is 119 Å². The van der Waals surface area contributed by atoms with Gasteiger partial charge in [-0.25, -0.2) is 4.79 Å². The van der Waals surface area contributed by atoms with Crippen LogP contribution in [0.2, 0.25) is 0 Å². The molecule has 0 radical (unpaired) electrons. The first-order valence-electron chi connectivity index (χ1n) is 7.15. The number of carbonyl (C=O) groups excluding carboxylic acids is 1. The Morgan fingerprint density at radius 1 is 1.53 bits per heavy atom. The molecule has 3 unspecified atom stereocenters. The molecule has 1 N–H and O–H groups in total. The average molecular weight is 284 g/mol. The molecular formula is C14H24N2O2S. The summed E-state index contributed by atoms with van der Waals surface area (Å²) >= 11 is 1.75. The average Bonchev–Trinajstić information content (AvgIpc) is 2.84. The molecular weight excluding hydrogens is 260 g/mol. The second kappa shape index (κ2) is 6.64. The van der Waals surface area contributed by atoms with Crippen molar-refractivity contribution in [2.45, 2.75) is 51.6 Å². The van der Waals surface area contributed by atoms with Gasteiger partial charge in [-0.1, -0.05) is 32.0 Å². The number of amidine groups is 1. The Kier molecular flexibility index (Phi) is 5.13. The summed E-state index contributed by atoms with van der Waals surface area (Å²) < 4.78 is 4.88. The van der Waals surface area contributed by atoms with Gasteiger partial charge in [-0.3, -0.25) is 4.99 Å². The van der Waals surface area contributed by atoms with E-state index < -0.39 is 0 Å². The highest BCUT2D eigenvalue weighted by Crippen LogP contribution is 2.35. The number of ether oxygens (including phenoxy) is 1. The Hall–Kier alpha value is -0.710. The number of esters is 1. The normalized spacial score (nSPS) is 27.7. The molecule has 1 aliphatic heterocycles. The molecule has 5 heteroatoms. The fourth-order valence-corrected chi connectivity index (χ4v) is 4.01. The largest absolute Gasteiger partial charge is 0.467 e. The summed E-state index contributed by atoms with van der Waals surface area (Å²) in [6.07, 6.45) is 4.57. The minimum Gasteiger partial charge on any atom is -0.467 e. The van der Waals surface area contributed by atoms with E-state index in [1.54, 1.807) is 11.8 Å². The monoisotopic (exact) mass is 284 g/mol. The maximum absolute atomic E-state index is 11.8. The van der Waals surface area contributed by atoms with E-state index in [1.165, 1.54) is 26.4 Å². The number of nitrogens with one attached hydrogen (secondary N) is 1. The molecule has 3 atom stereocenters. The summed E-state index contributed by atoms with van der Waals surface area (Å²) in [7, 11) is 1.44. The first-order chi connectivity index (χ1) is 9.10. The van der Waals surface area contributed by atoms with Crippen LogP contribution in [0.4, 0.5) is 0 Å². The zero-order chi connectivity index (χ0) is 13.8. The summed E-state index contributed by atoms with van der Waals surface area (Å²) in [5, 5.41) is 4.22. The number of fused-ring (bicyclic) bond motifs is 1. The van der Waals surface area contributed by atoms with Gasteiger partial charge in [0, 0.05) is 5.75 Å². The number of hydrogen-bond donors (Lipinski definition) is 1. The highest BCUT2D eigenvalue weighted by atomic mass is 32.2. The lowest BCUT2D eigenvalue weighted by atomic mass is 10.0. The third-order valence-electron chi connectivity index (χ3n) is 3.83. The second-order valence-electron chi connectivity index (χ2n) is 5.85. The molecule has 0 bridgehead atoms. The minimum absolute atomic E-state index is 0.189. The highest BCUT2D eigenvalue weighted by molar-refractivity contribution is 8.13. The number of rotatable bonds is 4. The van der Waals surface area contributed by atoms with Crippen LogP contribution < -0.4 is 5.32 Å². The fourth-order valence-electron chi connectivity index (χ4n) is 2.81. The molecule has 19 heavy (non-hydrogen) atoms. The highest BCUT2D eigenvalue weighted by Gasteiger charge is 2.32. The van der Waals surface area contributed by atoms with Crippen molar-refractivity contribution in [2.75, 3.05) is 12.9 Å². The quantitative estimate of drug-likeness (QED) is 0.806. The van der Waals surface area contributed by atoms with Crippen LogP contribution in [0.3, 0.4) is 0 Å². The van der Waals surface area contributed by atoms with Gasteiger partial charge in [-0.15, -0.1) is 0 Å². The molecule has 1 aliphatic carbocycles. The van der Waals surface area contributed by atoms with E-state index in [0.29, 0.717) is 12.0 Å². The predicted molar refractivity (Wildman–Crippen MR) is 79.4 cm³/mol. The van der Waals surface area contributed by atoms with Crippen molar-refractivity contribution in [3.63, 3.8) is 0 Å². The number of methoxy groups -OCH3 is 1. The lowest BCUT2D eigenvalue weighted by Gasteiger charge is -2.26. The lowest BCUT2D eigenvalue weighted by Crippen LogP contribution is -2.43. The van der Waals surface area contributed by atoms with E-state index in [4.69, 9.17) is 9.73 Å². The standard InChI is InChI=1S/C14H24N2O2S/c1-9(2)7-12(13(17)18-3)16-14-15-11-6-4-5-10(11)8-19-14/h9-12H,4-8H2,1-3H3,(H,15,16). The van der Waals surface area contributed by atoms with E-state index >= 15 is 0 Å². The number of aliphatic imine (C=N–C) groups is 1. The van der Waals surface area contributed by atoms with Gasteiger partial charge in [0.05, 0.1) is 13.2 Å². The molecule has 0 aromatic heterocycles. The molecule has 0 amide bonds. The third-order valence-corrected chi connectivity index (χ3v) is 4.92. The van der Waals surface area contributed by atoms with Crippen molar-refractivity contribution in [1.82, 2.24) is 5.32 Å². The third kappa shape index (κ3) is 3.88. The van der Waals surface area contributed by atoms with Crippen molar-refractivity contribution in [3.05, 3.63) is 0 Å². The molecule has 2 rings (SSSR count). The van der Waals surface area contributed by atoms with Gasteiger partial charge in [0.25, 0.3) is 0 Å². The van der Waals surface area contributed by atoms with Crippen molar-refractivity contribution >= 4 is 22.9 Å². The molecule has 0 aromatic rings. The number of hydrogen-bond acceptors (Lipinski definition) is 5. The van der Waals surface area contributed by atoms with Crippen LogP contribution in [0.25, 0.3) is 0 Å². The van der Waals surface area contributed by atoms with Crippen molar-refractivity contribution in [1.29, 1.82) is 0 Å². The Morgan fingerprint density at radius 2 is 2.32 bits per heavy atom. The zero-order valence-electron chi connectivity index (χ0n) is 12.0. The SMILES string of the molecule is COC(=O)C(CC(C)C)NC1=NC2CCCC2CS1. The van der Waals surface area contributed by atoms with Gasteiger partial charge < -0.3 is 10.1 Å². The van der Waals surface area contributed by atoms with Gasteiger partial charge in [0.15, 0.2) is 5.17 Å². The van der Waals surface area contributed by atoms with Crippen LogP contribution in [0.5, 0.6) is 0 Å². The van der Waals surface area contributed by atoms with Crippen LogP contribution >= 0.6 is 11.8 Å². The molecule has 0 spiro atoms. The first kappa shape index (κ1) is 14.7. The summed E-state index contributed by atoms with van der Waals surface area (Å²) in [4.78, 5) is 16.6. The molecule has 1 heterocycles. The fraction of sp³-hybridized carbons (Fsp3) is 0.857. The van der Waals surface area contributed by atoms with E-state index in [1.807, 2.05) is 0 Å². The molecule has 4 nitrogen and oxygen atoms in total. The predicted octanol–water partition coefficient (Wildman–Crippen LogP) is 2.44. The van der Waals surface area contributed by atoms with Crippen LogP contribution in [0.1, 0.15) is 39.5 Å². The Bertz CT molecular complexity index is 357. The zero-order valence-corrected chi connectivity index (χ0v) is 12.8. The Morgan fingerprint density at radius 3 is 3.00 bits per heavy atom. The molecule has 1 fully saturated rings. The Balaban J connectivity index is 1.98. The number of carbonyl (C=O) groups is 1. The van der Waals surface area contributed by atoms with Gasteiger partial charge in [0.1, 0.15) is 6.04 Å². The molecule has 0 saturated heterocycles. The number of nitrogens with zero attached hydrogens (tertiary/aromatic N) is 1. The van der Waals surface area contributed by atoms with Crippen molar-refractivity contribution in [3.8, 4) is 0 Å².